The molecule has 1 rings (SSSR count). The van der Waals surface area contributed by atoms with E-state index in [0.29, 0.717) is 10.8 Å². The lowest BCUT2D eigenvalue weighted by molar-refractivity contribution is -0.138. The van der Waals surface area contributed by atoms with Gasteiger partial charge in [-0.2, -0.15) is 0 Å². The van der Waals surface area contributed by atoms with Crippen LogP contribution in [0.3, 0.4) is 0 Å². The van der Waals surface area contributed by atoms with Gasteiger partial charge >= 0.3 is 5.97 Å². The van der Waals surface area contributed by atoms with Gasteiger partial charge in [0.15, 0.2) is 0 Å². The Hall–Kier alpha value is -1.46. The van der Waals surface area contributed by atoms with Gasteiger partial charge in [0, 0.05) is 12.2 Å². The van der Waals surface area contributed by atoms with Gasteiger partial charge < -0.3 is 20.5 Å². The quantitative estimate of drug-likeness (QED) is 0.720. The molecule has 0 bridgehead atoms. The minimum absolute atomic E-state index is 0.272. The third kappa shape index (κ3) is 3.80. The Kier molecular flexibility index (Phi) is 5.06. The Balaban J connectivity index is 2.63. The Labute approximate surface area is 105 Å². The van der Waals surface area contributed by atoms with Crippen LogP contribution in [0.1, 0.15) is 0 Å². The van der Waals surface area contributed by atoms with E-state index in [0.717, 1.165) is 5.69 Å². The SMILES string of the molecule is CNC(CNc1ccc(OC)c(Cl)c1)C(=O)O. The molecule has 0 heterocycles. The van der Waals surface area contributed by atoms with E-state index < -0.39 is 12.0 Å². The topological polar surface area (TPSA) is 70.6 Å². The Bertz CT molecular complexity index is 398. The van der Waals surface area contributed by atoms with Gasteiger partial charge in [0.2, 0.25) is 0 Å². The number of hydrogen-bond donors (Lipinski definition) is 3. The van der Waals surface area contributed by atoms with E-state index in [-0.39, 0.29) is 6.54 Å². The van der Waals surface area contributed by atoms with Crippen molar-refractivity contribution in [2.45, 2.75) is 6.04 Å². The molecule has 1 atom stereocenters. The van der Waals surface area contributed by atoms with Crippen LogP contribution in [0.4, 0.5) is 5.69 Å². The fourth-order valence-electron chi connectivity index (χ4n) is 1.31. The highest BCUT2D eigenvalue weighted by Crippen LogP contribution is 2.27. The largest absolute Gasteiger partial charge is 0.495 e. The van der Waals surface area contributed by atoms with Crippen LogP contribution in [-0.2, 0) is 4.79 Å². The van der Waals surface area contributed by atoms with Crippen molar-refractivity contribution in [1.82, 2.24) is 5.32 Å². The van der Waals surface area contributed by atoms with Crippen molar-refractivity contribution in [3.8, 4) is 5.75 Å². The molecule has 0 saturated heterocycles. The van der Waals surface area contributed by atoms with Crippen molar-refractivity contribution in [3.05, 3.63) is 23.2 Å². The lowest BCUT2D eigenvalue weighted by atomic mass is 10.2. The van der Waals surface area contributed by atoms with Crippen LogP contribution in [0.5, 0.6) is 5.75 Å². The first-order valence-electron chi connectivity index (χ1n) is 5.06. The van der Waals surface area contributed by atoms with E-state index in [4.69, 9.17) is 21.4 Å². The fourth-order valence-corrected chi connectivity index (χ4v) is 1.57. The zero-order valence-electron chi connectivity index (χ0n) is 9.66. The van der Waals surface area contributed by atoms with E-state index >= 15 is 0 Å². The zero-order chi connectivity index (χ0) is 12.8. The number of aliphatic carboxylic acids is 1. The molecule has 1 unspecified atom stereocenters. The van der Waals surface area contributed by atoms with Gasteiger partial charge in [0.05, 0.1) is 12.1 Å². The number of nitrogens with one attached hydrogen (secondary N) is 2. The molecule has 6 heteroatoms. The van der Waals surface area contributed by atoms with Crippen molar-refractivity contribution in [3.63, 3.8) is 0 Å². The van der Waals surface area contributed by atoms with Crippen LogP contribution >= 0.6 is 11.6 Å². The van der Waals surface area contributed by atoms with Crippen molar-refractivity contribution in [2.24, 2.45) is 0 Å². The Morgan fingerprint density at radius 3 is 2.76 bits per heavy atom. The highest BCUT2D eigenvalue weighted by Gasteiger charge is 2.14. The number of carboxylic acid groups (broad SMARTS) is 1. The minimum Gasteiger partial charge on any atom is -0.495 e. The lowest BCUT2D eigenvalue weighted by Gasteiger charge is -2.13. The summed E-state index contributed by atoms with van der Waals surface area (Å²) in [6.45, 7) is 0.272. The molecule has 3 N–H and O–H groups in total. The zero-order valence-corrected chi connectivity index (χ0v) is 10.4. The molecule has 17 heavy (non-hydrogen) atoms. The van der Waals surface area contributed by atoms with Gasteiger partial charge in [-0.25, -0.2) is 0 Å². The second kappa shape index (κ2) is 6.32. The molecule has 94 valence electrons. The third-order valence-corrected chi connectivity index (χ3v) is 2.60. The number of likely N-dealkylation sites (N-methyl/N-ethyl adjacent to an activating group) is 1. The lowest BCUT2D eigenvalue weighted by Crippen LogP contribution is -2.39. The molecule has 0 fully saturated rings. The van der Waals surface area contributed by atoms with Crippen LogP contribution < -0.4 is 15.4 Å². The molecule has 1 aromatic rings. The smallest absolute Gasteiger partial charge is 0.322 e. The number of methoxy groups -OCH3 is 1. The first-order chi connectivity index (χ1) is 8.08. The summed E-state index contributed by atoms with van der Waals surface area (Å²) in [6.07, 6.45) is 0. The van der Waals surface area contributed by atoms with E-state index in [1.165, 1.54) is 7.11 Å². The molecule has 0 saturated carbocycles. The number of anilines is 1. The fraction of sp³-hybridized carbons (Fsp3) is 0.364. The summed E-state index contributed by atoms with van der Waals surface area (Å²) >= 11 is 5.94. The van der Waals surface area contributed by atoms with E-state index in [1.54, 1.807) is 25.2 Å². The maximum atomic E-state index is 10.8. The Morgan fingerprint density at radius 2 is 2.29 bits per heavy atom. The maximum Gasteiger partial charge on any atom is 0.322 e. The normalized spacial score (nSPS) is 11.9. The number of carbonyl (C=O) groups is 1. The van der Waals surface area contributed by atoms with Gasteiger partial charge in [-0.05, 0) is 25.2 Å². The Morgan fingerprint density at radius 1 is 1.59 bits per heavy atom. The standard InChI is InChI=1S/C11H15ClN2O3/c1-13-9(11(15)16)6-14-7-3-4-10(17-2)8(12)5-7/h3-5,9,13-14H,6H2,1-2H3,(H,15,16). The van der Waals surface area contributed by atoms with Crippen LogP contribution in [0.15, 0.2) is 18.2 Å². The first-order valence-corrected chi connectivity index (χ1v) is 5.43. The summed E-state index contributed by atoms with van der Waals surface area (Å²) in [5, 5.41) is 15.0. The summed E-state index contributed by atoms with van der Waals surface area (Å²) in [7, 11) is 3.14. The monoisotopic (exact) mass is 258 g/mol. The van der Waals surface area contributed by atoms with Crippen molar-refractivity contribution >= 4 is 23.3 Å². The number of benzene rings is 1. The highest BCUT2D eigenvalue weighted by atomic mass is 35.5. The van der Waals surface area contributed by atoms with Crippen molar-refractivity contribution < 1.29 is 14.6 Å². The summed E-state index contributed by atoms with van der Waals surface area (Å²) < 4.78 is 5.02. The second-order valence-corrected chi connectivity index (χ2v) is 3.82. The van der Waals surface area contributed by atoms with Gasteiger partial charge in [-0.3, -0.25) is 4.79 Å². The number of hydrogen-bond acceptors (Lipinski definition) is 4. The van der Waals surface area contributed by atoms with Crippen LogP contribution in [0, 0.1) is 0 Å². The average Bonchev–Trinajstić information content (AvgIpc) is 2.29. The number of ether oxygens (including phenoxy) is 1. The van der Waals surface area contributed by atoms with Gasteiger partial charge in [-0.1, -0.05) is 11.6 Å². The average molecular weight is 259 g/mol. The molecule has 1 aromatic carbocycles. The van der Waals surface area contributed by atoms with Gasteiger partial charge in [0.25, 0.3) is 0 Å². The molecule has 0 aliphatic carbocycles. The molecule has 0 radical (unpaired) electrons. The maximum absolute atomic E-state index is 10.8. The molecule has 0 spiro atoms. The summed E-state index contributed by atoms with van der Waals surface area (Å²) in [5.74, 6) is -0.319. The summed E-state index contributed by atoms with van der Waals surface area (Å²) in [4.78, 5) is 10.8. The van der Waals surface area contributed by atoms with E-state index in [1.807, 2.05) is 0 Å². The predicted molar refractivity (Wildman–Crippen MR) is 67.0 cm³/mol. The molecule has 0 aliphatic heterocycles. The molecule has 0 aliphatic rings. The molecule has 0 aromatic heterocycles. The predicted octanol–water partition coefficient (Wildman–Crippen LogP) is 1.43. The molecular formula is C11H15ClN2O3. The highest BCUT2D eigenvalue weighted by molar-refractivity contribution is 6.32. The van der Waals surface area contributed by atoms with Gasteiger partial charge in [0.1, 0.15) is 11.8 Å². The number of rotatable bonds is 6. The van der Waals surface area contributed by atoms with Crippen LogP contribution in [-0.4, -0.2) is 37.8 Å². The number of halogens is 1. The first kappa shape index (κ1) is 13.6. The van der Waals surface area contributed by atoms with E-state index in [2.05, 4.69) is 10.6 Å². The second-order valence-electron chi connectivity index (χ2n) is 3.41. The third-order valence-electron chi connectivity index (χ3n) is 2.31. The van der Waals surface area contributed by atoms with E-state index in [9.17, 15) is 4.79 Å². The molecular weight excluding hydrogens is 244 g/mol. The van der Waals surface area contributed by atoms with Crippen molar-refractivity contribution in [1.29, 1.82) is 0 Å². The number of carboxylic acids is 1. The summed E-state index contributed by atoms with van der Waals surface area (Å²) in [5.41, 5.74) is 0.748. The summed E-state index contributed by atoms with van der Waals surface area (Å²) in [6, 6.07) is 4.55. The molecule has 0 amide bonds. The minimum atomic E-state index is -0.903. The van der Waals surface area contributed by atoms with Crippen molar-refractivity contribution in [2.75, 3.05) is 26.0 Å². The molecule has 5 nitrogen and oxygen atoms in total. The van der Waals surface area contributed by atoms with Crippen LogP contribution in [0.25, 0.3) is 0 Å². The van der Waals surface area contributed by atoms with Gasteiger partial charge in [-0.15, -0.1) is 0 Å². The van der Waals surface area contributed by atoms with Crippen LogP contribution in [0.2, 0.25) is 5.02 Å².